The summed E-state index contributed by atoms with van der Waals surface area (Å²) in [5.74, 6) is 0. The molecule has 0 bridgehead atoms. The molecule has 5 nitrogen and oxygen atoms in total. The third-order valence-corrected chi connectivity index (χ3v) is 3.97. The molecular formula is C10H13Cl2N3O2S. The van der Waals surface area contributed by atoms with E-state index in [-0.39, 0.29) is 28.9 Å². The maximum atomic E-state index is 11.8. The molecule has 18 heavy (non-hydrogen) atoms. The molecule has 8 heteroatoms. The zero-order valence-corrected chi connectivity index (χ0v) is 11.8. The van der Waals surface area contributed by atoms with Crippen LogP contribution in [0.25, 0.3) is 0 Å². The lowest BCUT2D eigenvalue weighted by Gasteiger charge is -2.07. The van der Waals surface area contributed by atoms with Gasteiger partial charge in [-0.25, -0.2) is 13.1 Å². The standard InChI is InChI=1S/C10H12ClN3O2S.ClH/c11-9-6-8(7-13)2-3-10(9)17(15,16)14-5-1-4-12;/h2-3,6,14H,1,4-5,12H2;1H. The summed E-state index contributed by atoms with van der Waals surface area (Å²) < 4.78 is 26.0. The number of hydrogen-bond donors (Lipinski definition) is 2. The van der Waals surface area contributed by atoms with Gasteiger partial charge in [-0.05, 0) is 31.2 Å². The van der Waals surface area contributed by atoms with Gasteiger partial charge in [-0.2, -0.15) is 5.26 Å². The quantitative estimate of drug-likeness (QED) is 0.800. The molecule has 100 valence electrons. The monoisotopic (exact) mass is 309 g/mol. The number of nitrogens with two attached hydrogens (primary N) is 1. The first-order valence-corrected chi connectivity index (χ1v) is 6.77. The number of benzene rings is 1. The van der Waals surface area contributed by atoms with Gasteiger partial charge in [-0.15, -0.1) is 12.4 Å². The fourth-order valence-corrected chi connectivity index (χ4v) is 2.79. The third-order valence-electron chi connectivity index (χ3n) is 2.02. The topological polar surface area (TPSA) is 96.0 Å². The highest BCUT2D eigenvalue weighted by atomic mass is 35.5. The van der Waals surface area contributed by atoms with E-state index in [1.165, 1.54) is 18.2 Å². The van der Waals surface area contributed by atoms with Crippen LogP contribution < -0.4 is 10.5 Å². The van der Waals surface area contributed by atoms with E-state index in [1.807, 2.05) is 6.07 Å². The van der Waals surface area contributed by atoms with E-state index in [0.717, 1.165) is 0 Å². The highest BCUT2D eigenvalue weighted by Gasteiger charge is 2.17. The first-order chi connectivity index (χ1) is 8.01. The molecule has 0 aliphatic heterocycles. The molecule has 0 heterocycles. The van der Waals surface area contributed by atoms with Gasteiger partial charge in [-0.1, -0.05) is 11.6 Å². The number of hydrogen-bond acceptors (Lipinski definition) is 4. The van der Waals surface area contributed by atoms with Crippen LogP contribution in [0.3, 0.4) is 0 Å². The molecule has 1 aromatic rings. The van der Waals surface area contributed by atoms with E-state index in [4.69, 9.17) is 22.6 Å². The Hall–Kier alpha value is -0.840. The van der Waals surface area contributed by atoms with Gasteiger partial charge in [0.2, 0.25) is 10.0 Å². The summed E-state index contributed by atoms with van der Waals surface area (Å²) in [5, 5.41) is 8.67. The van der Waals surface area contributed by atoms with E-state index in [9.17, 15) is 8.42 Å². The molecule has 3 N–H and O–H groups in total. The Bertz CT molecular complexity index is 541. The van der Waals surface area contributed by atoms with Crippen molar-refractivity contribution in [2.24, 2.45) is 5.73 Å². The summed E-state index contributed by atoms with van der Waals surface area (Å²) in [6.45, 7) is 0.665. The molecule has 0 aliphatic rings. The molecule has 0 aliphatic carbocycles. The second-order valence-corrected chi connectivity index (χ2v) is 5.44. The van der Waals surface area contributed by atoms with Crippen molar-refractivity contribution in [2.45, 2.75) is 11.3 Å². The van der Waals surface area contributed by atoms with Crippen molar-refractivity contribution in [1.82, 2.24) is 4.72 Å². The molecule has 1 rings (SSSR count). The lowest BCUT2D eigenvalue weighted by atomic mass is 10.2. The Morgan fingerprint density at radius 3 is 2.61 bits per heavy atom. The molecule has 0 saturated carbocycles. The van der Waals surface area contributed by atoms with Crippen molar-refractivity contribution < 1.29 is 8.42 Å². The van der Waals surface area contributed by atoms with Gasteiger partial charge in [0.05, 0.1) is 16.7 Å². The van der Waals surface area contributed by atoms with Crippen molar-refractivity contribution in [3.63, 3.8) is 0 Å². The smallest absolute Gasteiger partial charge is 0.242 e. The third kappa shape index (κ3) is 4.44. The Balaban J connectivity index is 0.00000289. The SMILES string of the molecule is Cl.N#Cc1ccc(S(=O)(=O)NCCCN)c(Cl)c1. The van der Waals surface area contributed by atoms with Gasteiger partial charge in [0.1, 0.15) is 4.90 Å². The number of nitrogens with one attached hydrogen (secondary N) is 1. The molecule has 0 atom stereocenters. The van der Waals surface area contributed by atoms with Crippen LogP contribution in [0, 0.1) is 11.3 Å². The maximum Gasteiger partial charge on any atom is 0.242 e. The normalized spacial score (nSPS) is 10.5. The zero-order valence-electron chi connectivity index (χ0n) is 9.39. The van der Waals surface area contributed by atoms with Crippen molar-refractivity contribution in [1.29, 1.82) is 5.26 Å². The van der Waals surface area contributed by atoms with Crippen molar-refractivity contribution in [3.8, 4) is 6.07 Å². The van der Waals surface area contributed by atoms with E-state index in [2.05, 4.69) is 4.72 Å². The number of nitrogens with zero attached hydrogens (tertiary/aromatic N) is 1. The van der Waals surface area contributed by atoms with Crippen molar-refractivity contribution >= 4 is 34.0 Å². The van der Waals surface area contributed by atoms with E-state index < -0.39 is 10.0 Å². The van der Waals surface area contributed by atoms with E-state index in [1.54, 1.807) is 0 Å². The Labute approximate surface area is 117 Å². The molecular weight excluding hydrogens is 297 g/mol. The van der Waals surface area contributed by atoms with Crippen LogP contribution in [-0.4, -0.2) is 21.5 Å². The highest BCUT2D eigenvalue weighted by molar-refractivity contribution is 7.89. The van der Waals surface area contributed by atoms with Crippen LogP contribution in [0.4, 0.5) is 0 Å². The molecule has 0 radical (unpaired) electrons. The molecule has 0 fully saturated rings. The van der Waals surface area contributed by atoms with Crippen LogP contribution in [-0.2, 0) is 10.0 Å². The summed E-state index contributed by atoms with van der Waals surface area (Å²) in [7, 11) is -3.64. The van der Waals surface area contributed by atoms with Crippen molar-refractivity contribution in [3.05, 3.63) is 28.8 Å². The Morgan fingerprint density at radius 1 is 1.44 bits per heavy atom. The molecule has 1 aromatic carbocycles. The van der Waals surface area contributed by atoms with Gasteiger partial charge in [0.15, 0.2) is 0 Å². The van der Waals surface area contributed by atoms with Crippen LogP contribution in [0.2, 0.25) is 5.02 Å². The minimum Gasteiger partial charge on any atom is -0.330 e. The number of sulfonamides is 1. The summed E-state index contributed by atoms with van der Waals surface area (Å²) in [5.41, 5.74) is 5.58. The maximum absolute atomic E-state index is 11.8. The van der Waals surface area contributed by atoms with E-state index in [0.29, 0.717) is 18.5 Å². The Kier molecular flexibility index (Phi) is 7.21. The summed E-state index contributed by atoms with van der Waals surface area (Å²) in [6, 6.07) is 5.92. The van der Waals surface area contributed by atoms with Gasteiger partial charge >= 0.3 is 0 Å². The van der Waals surface area contributed by atoms with Gasteiger partial charge in [0, 0.05) is 6.54 Å². The second-order valence-electron chi connectivity index (χ2n) is 3.30. The average molecular weight is 310 g/mol. The van der Waals surface area contributed by atoms with Crippen LogP contribution in [0.1, 0.15) is 12.0 Å². The largest absolute Gasteiger partial charge is 0.330 e. The van der Waals surface area contributed by atoms with Crippen LogP contribution >= 0.6 is 24.0 Å². The zero-order chi connectivity index (χ0) is 12.9. The predicted octanol–water partition coefficient (Wildman–Crippen LogP) is 1.26. The molecule has 0 saturated heterocycles. The van der Waals surface area contributed by atoms with Crippen LogP contribution in [0.5, 0.6) is 0 Å². The molecule has 0 unspecified atom stereocenters. The summed E-state index contributed by atoms with van der Waals surface area (Å²) in [6.07, 6.45) is 0.549. The summed E-state index contributed by atoms with van der Waals surface area (Å²) in [4.78, 5) is -0.0322. The Morgan fingerprint density at radius 2 is 2.11 bits per heavy atom. The second kappa shape index (κ2) is 7.56. The number of nitriles is 1. The minimum atomic E-state index is -3.64. The first kappa shape index (κ1) is 17.2. The summed E-state index contributed by atoms with van der Waals surface area (Å²) >= 11 is 5.81. The average Bonchev–Trinajstić information content (AvgIpc) is 2.28. The van der Waals surface area contributed by atoms with Gasteiger partial charge in [-0.3, -0.25) is 0 Å². The minimum absolute atomic E-state index is 0. The predicted molar refractivity (Wildman–Crippen MR) is 72.3 cm³/mol. The fraction of sp³-hybridized carbons (Fsp3) is 0.300. The molecule has 0 spiro atoms. The van der Waals surface area contributed by atoms with Gasteiger partial charge < -0.3 is 5.73 Å². The lowest BCUT2D eigenvalue weighted by molar-refractivity contribution is 0.579. The van der Waals surface area contributed by atoms with Gasteiger partial charge in [0.25, 0.3) is 0 Å². The highest BCUT2D eigenvalue weighted by Crippen LogP contribution is 2.22. The number of halogens is 2. The van der Waals surface area contributed by atoms with Crippen LogP contribution in [0.15, 0.2) is 23.1 Å². The first-order valence-electron chi connectivity index (χ1n) is 4.90. The molecule has 0 aromatic heterocycles. The molecule has 0 amide bonds. The number of rotatable bonds is 5. The fourth-order valence-electron chi connectivity index (χ4n) is 1.17. The van der Waals surface area contributed by atoms with Crippen molar-refractivity contribution in [2.75, 3.05) is 13.1 Å². The van der Waals surface area contributed by atoms with E-state index >= 15 is 0 Å². The lowest BCUT2D eigenvalue weighted by Crippen LogP contribution is -2.26.